The van der Waals surface area contributed by atoms with Gasteiger partial charge in [-0.15, -0.1) is 11.8 Å². The van der Waals surface area contributed by atoms with Crippen molar-refractivity contribution < 1.29 is 4.74 Å². The first-order chi connectivity index (χ1) is 8.30. The fourth-order valence-electron chi connectivity index (χ4n) is 1.34. The smallest absolute Gasteiger partial charge is 0.157 e. The third kappa shape index (κ3) is 5.34. The van der Waals surface area contributed by atoms with Crippen LogP contribution in [-0.2, 0) is 11.3 Å². The summed E-state index contributed by atoms with van der Waals surface area (Å²) in [6.45, 7) is 2.60. The number of hydrazine groups is 1. The van der Waals surface area contributed by atoms with Crippen LogP contribution >= 0.6 is 11.8 Å². The molecule has 6 heteroatoms. The minimum atomic E-state index is 0.401. The Hall–Kier alpha value is -0.850. The van der Waals surface area contributed by atoms with Crippen molar-refractivity contribution in [2.24, 2.45) is 5.84 Å². The Morgan fingerprint density at radius 1 is 1.41 bits per heavy atom. The summed E-state index contributed by atoms with van der Waals surface area (Å²) in [5.74, 6) is 7.72. The molecule has 1 rings (SSSR count). The molecule has 0 amide bonds. The Kier molecular flexibility index (Phi) is 6.91. The number of unbranched alkanes of at least 4 members (excludes halogenated alkanes) is 2. The van der Waals surface area contributed by atoms with E-state index in [1.807, 2.05) is 6.07 Å². The average molecular weight is 256 g/mol. The fraction of sp³-hybridized carbons (Fsp3) is 0.636. The first kappa shape index (κ1) is 14.2. The molecule has 0 radical (unpaired) electrons. The molecule has 0 saturated carbocycles. The summed E-state index contributed by atoms with van der Waals surface area (Å²) in [4.78, 5) is 8.60. The molecule has 3 N–H and O–H groups in total. The number of nitrogens with two attached hydrogens (primary N) is 1. The lowest BCUT2D eigenvalue weighted by molar-refractivity contribution is 0.177. The zero-order chi connectivity index (χ0) is 12.5. The third-order valence-electron chi connectivity index (χ3n) is 2.17. The van der Waals surface area contributed by atoms with Gasteiger partial charge in [0.15, 0.2) is 5.82 Å². The summed E-state index contributed by atoms with van der Waals surface area (Å²) in [6.07, 6.45) is 3.69. The average Bonchev–Trinajstić information content (AvgIpc) is 2.35. The van der Waals surface area contributed by atoms with Crippen molar-refractivity contribution in [2.75, 3.05) is 18.3 Å². The lowest BCUT2D eigenvalue weighted by Gasteiger charge is -2.06. The maximum Gasteiger partial charge on any atom is 0.157 e. The summed E-state index contributed by atoms with van der Waals surface area (Å²) < 4.78 is 5.02. The number of nitrogen functional groups attached to an aromatic ring is 1. The van der Waals surface area contributed by atoms with Crippen LogP contribution < -0.4 is 11.3 Å². The van der Waals surface area contributed by atoms with E-state index in [4.69, 9.17) is 10.6 Å². The van der Waals surface area contributed by atoms with Crippen LogP contribution in [0.15, 0.2) is 11.1 Å². The zero-order valence-electron chi connectivity index (χ0n) is 10.4. The van der Waals surface area contributed by atoms with Crippen LogP contribution in [0.25, 0.3) is 0 Å². The number of rotatable bonds is 8. The number of ether oxygens (including phenoxy) is 1. The van der Waals surface area contributed by atoms with E-state index in [-0.39, 0.29) is 0 Å². The van der Waals surface area contributed by atoms with Crippen molar-refractivity contribution in [1.82, 2.24) is 9.97 Å². The van der Waals surface area contributed by atoms with Gasteiger partial charge in [0.05, 0.1) is 0 Å². The molecule has 0 saturated heterocycles. The molecule has 1 aromatic heterocycles. The molecule has 5 nitrogen and oxygen atoms in total. The van der Waals surface area contributed by atoms with Gasteiger partial charge in [-0.1, -0.05) is 19.8 Å². The van der Waals surface area contributed by atoms with Crippen LogP contribution in [0, 0.1) is 0 Å². The van der Waals surface area contributed by atoms with Crippen LogP contribution in [0.1, 0.15) is 32.0 Å². The number of thioether (sulfide) groups is 1. The SMILES string of the molecule is CCCCCSc1cc(NN)nc(COC)n1. The molecule has 0 unspecified atom stereocenters. The summed E-state index contributed by atoms with van der Waals surface area (Å²) >= 11 is 1.73. The van der Waals surface area contributed by atoms with Crippen LogP contribution in [0.2, 0.25) is 0 Å². The van der Waals surface area contributed by atoms with Gasteiger partial charge >= 0.3 is 0 Å². The minimum absolute atomic E-state index is 0.401. The van der Waals surface area contributed by atoms with Gasteiger partial charge in [0.25, 0.3) is 0 Å². The quantitative estimate of drug-likeness (QED) is 0.244. The van der Waals surface area contributed by atoms with E-state index in [0.29, 0.717) is 18.2 Å². The second-order valence-corrected chi connectivity index (χ2v) is 4.76. The molecule has 96 valence electrons. The van der Waals surface area contributed by atoms with Gasteiger partial charge in [-0.05, 0) is 12.2 Å². The van der Waals surface area contributed by atoms with Crippen LogP contribution in [0.3, 0.4) is 0 Å². The normalized spacial score (nSPS) is 10.5. The highest BCUT2D eigenvalue weighted by atomic mass is 32.2. The molecule has 0 fully saturated rings. The van der Waals surface area contributed by atoms with E-state index in [9.17, 15) is 0 Å². The van der Waals surface area contributed by atoms with Crippen LogP contribution in [-0.4, -0.2) is 22.8 Å². The Bertz CT molecular complexity index is 335. The Labute approximate surface area is 107 Å². The maximum atomic E-state index is 5.37. The molecule has 0 atom stereocenters. The molecule has 17 heavy (non-hydrogen) atoms. The Balaban J connectivity index is 2.59. The summed E-state index contributed by atoms with van der Waals surface area (Å²) in [6, 6.07) is 1.86. The number of nitrogens with zero attached hydrogens (tertiary/aromatic N) is 2. The molecule has 1 heterocycles. The number of nitrogens with one attached hydrogen (secondary N) is 1. The Morgan fingerprint density at radius 3 is 2.88 bits per heavy atom. The Morgan fingerprint density at radius 2 is 2.24 bits per heavy atom. The largest absolute Gasteiger partial charge is 0.377 e. The topological polar surface area (TPSA) is 73.1 Å². The van der Waals surface area contributed by atoms with Gasteiger partial charge in [0, 0.05) is 13.2 Å². The summed E-state index contributed by atoms with van der Waals surface area (Å²) in [7, 11) is 1.62. The number of hydrogen-bond donors (Lipinski definition) is 2. The van der Waals surface area contributed by atoms with Gasteiger partial charge in [0.1, 0.15) is 17.5 Å². The third-order valence-corrected chi connectivity index (χ3v) is 3.17. The van der Waals surface area contributed by atoms with Gasteiger partial charge in [0.2, 0.25) is 0 Å². The van der Waals surface area contributed by atoms with Gasteiger partial charge in [-0.25, -0.2) is 15.8 Å². The lowest BCUT2D eigenvalue weighted by Crippen LogP contribution is -2.11. The van der Waals surface area contributed by atoms with Crippen LogP contribution in [0.4, 0.5) is 5.82 Å². The molecule has 1 aromatic rings. The van der Waals surface area contributed by atoms with E-state index < -0.39 is 0 Å². The molecule has 0 bridgehead atoms. The fourth-order valence-corrected chi connectivity index (χ4v) is 2.27. The van der Waals surface area contributed by atoms with Crippen molar-refractivity contribution in [3.8, 4) is 0 Å². The molecule has 0 aromatic carbocycles. The van der Waals surface area contributed by atoms with Gasteiger partial charge in [-0.3, -0.25) is 0 Å². The lowest BCUT2D eigenvalue weighted by atomic mass is 10.3. The van der Waals surface area contributed by atoms with E-state index >= 15 is 0 Å². The number of methoxy groups -OCH3 is 1. The first-order valence-electron chi connectivity index (χ1n) is 5.76. The summed E-state index contributed by atoms with van der Waals surface area (Å²) in [5.41, 5.74) is 2.55. The minimum Gasteiger partial charge on any atom is -0.377 e. The number of aromatic nitrogens is 2. The number of hydrogen-bond acceptors (Lipinski definition) is 6. The molecule has 0 aliphatic carbocycles. The monoisotopic (exact) mass is 256 g/mol. The number of anilines is 1. The molecular weight excluding hydrogens is 236 g/mol. The van der Waals surface area contributed by atoms with Gasteiger partial charge in [-0.2, -0.15) is 0 Å². The second kappa shape index (κ2) is 8.27. The van der Waals surface area contributed by atoms with E-state index in [2.05, 4.69) is 22.3 Å². The summed E-state index contributed by atoms with van der Waals surface area (Å²) in [5, 5.41) is 0.941. The van der Waals surface area contributed by atoms with Crippen molar-refractivity contribution in [3.63, 3.8) is 0 Å². The van der Waals surface area contributed by atoms with E-state index in [1.165, 1.54) is 19.3 Å². The highest BCUT2D eigenvalue weighted by molar-refractivity contribution is 7.99. The van der Waals surface area contributed by atoms with Crippen molar-refractivity contribution >= 4 is 17.6 Å². The first-order valence-corrected chi connectivity index (χ1v) is 6.75. The predicted molar refractivity (Wildman–Crippen MR) is 70.8 cm³/mol. The van der Waals surface area contributed by atoms with E-state index in [1.54, 1.807) is 18.9 Å². The molecule has 0 aliphatic heterocycles. The highest BCUT2D eigenvalue weighted by Crippen LogP contribution is 2.20. The van der Waals surface area contributed by atoms with Crippen molar-refractivity contribution in [2.45, 2.75) is 37.8 Å². The van der Waals surface area contributed by atoms with Crippen molar-refractivity contribution in [3.05, 3.63) is 11.9 Å². The zero-order valence-corrected chi connectivity index (χ0v) is 11.2. The van der Waals surface area contributed by atoms with Crippen LogP contribution in [0.5, 0.6) is 0 Å². The highest BCUT2D eigenvalue weighted by Gasteiger charge is 2.04. The molecule has 0 spiro atoms. The van der Waals surface area contributed by atoms with Crippen molar-refractivity contribution in [1.29, 1.82) is 0 Å². The van der Waals surface area contributed by atoms with Gasteiger partial charge < -0.3 is 10.2 Å². The predicted octanol–water partition coefficient (Wildman–Crippen LogP) is 2.19. The van der Waals surface area contributed by atoms with E-state index in [0.717, 1.165) is 10.8 Å². The molecule has 0 aliphatic rings. The standard InChI is InChI=1S/C11H20N4OS/c1-3-4-5-6-17-11-7-9(15-12)13-10(14-11)8-16-2/h7H,3-6,8,12H2,1-2H3,(H,13,14,15). The second-order valence-electron chi connectivity index (χ2n) is 3.64. The maximum absolute atomic E-state index is 5.37. The molecular formula is C11H20N4OS.